The highest BCUT2D eigenvalue weighted by atomic mass is 16.6. The summed E-state index contributed by atoms with van der Waals surface area (Å²) in [7, 11) is 0. The van der Waals surface area contributed by atoms with E-state index in [0.717, 1.165) is 0 Å². The number of esters is 4. The molecule has 0 aliphatic heterocycles. The second-order valence-corrected chi connectivity index (χ2v) is 11.1. The van der Waals surface area contributed by atoms with Crippen molar-refractivity contribution in [2.24, 2.45) is 16.6 Å². The van der Waals surface area contributed by atoms with Crippen molar-refractivity contribution < 1.29 is 38.1 Å². The minimum absolute atomic E-state index is 0.0433. The fraction of sp³-hybridized carbons (Fsp3) is 0.448. The Morgan fingerprint density at radius 1 is 0.816 bits per heavy atom. The summed E-state index contributed by atoms with van der Waals surface area (Å²) in [5.41, 5.74) is 5.44. The minimum atomic E-state index is -1.04. The van der Waals surface area contributed by atoms with Crippen molar-refractivity contribution in [3.8, 4) is 11.5 Å². The summed E-state index contributed by atoms with van der Waals surface area (Å²) in [6.07, 6.45) is -0.660. The van der Waals surface area contributed by atoms with Crippen molar-refractivity contribution in [3.05, 3.63) is 59.7 Å². The molecule has 2 aromatic carbocycles. The number of hydrogen-bond donors (Lipinski definition) is 1. The maximum Gasteiger partial charge on any atom is 0.338 e. The molecule has 2 atom stereocenters. The van der Waals surface area contributed by atoms with E-state index in [0.29, 0.717) is 11.1 Å². The molecular formula is C29H37NO8. The molecule has 0 spiro atoms. The smallest absolute Gasteiger partial charge is 0.338 e. The first-order valence-corrected chi connectivity index (χ1v) is 12.3. The van der Waals surface area contributed by atoms with E-state index in [1.807, 2.05) is 0 Å². The molecule has 0 unspecified atom stereocenters. The van der Waals surface area contributed by atoms with Gasteiger partial charge in [0.05, 0.1) is 16.4 Å². The van der Waals surface area contributed by atoms with E-state index < -0.39 is 46.9 Å². The highest BCUT2D eigenvalue weighted by Crippen LogP contribution is 2.33. The predicted octanol–water partition coefficient (Wildman–Crippen LogP) is 4.25. The molecule has 2 aromatic rings. The molecular weight excluding hydrogens is 490 g/mol. The summed E-state index contributed by atoms with van der Waals surface area (Å²) in [6.45, 7) is 11.7. The molecule has 0 radical (unpaired) electrons. The number of carbonyl (C=O) groups is 4. The molecule has 0 aromatic heterocycles. The summed E-state index contributed by atoms with van der Waals surface area (Å²) in [5.74, 6) is -2.11. The Bertz CT molecular complexity index is 1150. The lowest BCUT2D eigenvalue weighted by Crippen LogP contribution is -2.37. The van der Waals surface area contributed by atoms with E-state index in [1.165, 1.54) is 12.1 Å². The molecule has 2 rings (SSSR count). The highest BCUT2D eigenvalue weighted by molar-refractivity contribution is 5.89. The molecule has 0 saturated carbocycles. The normalized spacial score (nSPS) is 13.2. The molecule has 0 fully saturated rings. The Kier molecular flexibility index (Phi) is 10.2. The van der Waals surface area contributed by atoms with Gasteiger partial charge in [0.15, 0.2) is 11.5 Å². The lowest BCUT2D eigenvalue weighted by molar-refractivity contribution is -0.151. The quantitative estimate of drug-likeness (QED) is 0.375. The van der Waals surface area contributed by atoms with Crippen molar-refractivity contribution in [1.82, 2.24) is 0 Å². The van der Waals surface area contributed by atoms with Crippen LogP contribution in [0.25, 0.3) is 0 Å². The number of hydrogen-bond acceptors (Lipinski definition) is 9. The lowest BCUT2D eigenvalue weighted by Gasteiger charge is -2.21. The average Bonchev–Trinajstić information content (AvgIpc) is 2.83. The van der Waals surface area contributed by atoms with E-state index in [4.69, 9.17) is 24.7 Å². The molecule has 0 aliphatic rings. The van der Waals surface area contributed by atoms with Gasteiger partial charge < -0.3 is 24.7 Å². The fourth-order valence-corrected chi connectivity index (χ4v) is 2.86. The van der Waals surface area contributed by atoms with Gasteiger partial charge in [-0.2, -0.15) is 0 Å². The number of ether oxygens (including phenoxy) is 4. The van der Waals surface area contributed by atoms with Crippen molar-refractivity contribution >= 4 is 23.9 Å². The van der Waals surface area contributed by atoms with Gasteiger partial charge in [0.2, 0.25) is 0 Å². The highest BCUT2D eigenvalue weighted by Gasteiger charge is 2.29. The molecule has 0 heterocycles. The van der Waals surface area contributed by atoms with Crippen molar-refractivity contribution in [1.29, 1.82) is 0 Å². The molecule has 206 valence electrons. The topological polar surface area (TPSA) is 131 Å². The third-order valence-electron chi connectivity index (χ3n) is 5.17. The van der Waals surface area contributed by atoms with Crippen LogP contribution in [0.4, 0.5) is 0 Å². The van der Waals surface area contributed by atoms with Gasteiger partial charge in [-0.25, -0.2) is 4.79 Å². The van der Waals surface area contributed by atoms with Crippen molar-refractivity contribution in [2.45, 2.75) is 67.0 Å². The van der Waals surface area contributed by atoms with Gasteiger partial charge in [0.1, 0.15) is 18.8 Å². The van der Waals surface area contributed by atoms with Gasteiger partial charge in [0.25, 0.3) is 0 Å². The summed E-state index contributed by atoms with van der Waals surface area (Å²) < 4.78 is 21.5. The van der Waals surface area contributed by atoms with Crippen LogP contribution in [0.15, 0.2) is 48.5 Å². The number of benzene rings is 2. The first-order chi connectivity index (χ1) is 17.6. The second kappa shape index (κ2) is 12.7. The molecule has 9 heteroatoms. The lowest BCUT2D eigenvalue weighted by atomic mass is 9.97. The van der Waals surface area contributed by atoms with Crippen LogP contribution in [-0.2, 0) is 30.3 Å². The van der Waals surface area contributed by atoms with Crippen molar-refractivity contribution in [3.63, 3.8) is 0 Å². The zero-order valence-corrected chi connectivity index (χ0v) is 23.0. The Labute approximate surface area is 223 Å². The maximum absolute atomic E-state index is 12.5. The van der Waals surface area contributed by atoms with Crippen LogP contribution in [0.2, 0.25) is 0 Å². The zero-order chi connectivity index (χ0) is 28.7. The summed E-state index contributed by atoms with van der Waals surface area (Å²) in [4.78, 5) is 49.6. The molecule has 38 heavy (non-hydrogen) atoms. The van der Waals surface area contributed by atoms with Gasteiger partial charge in [0, 0.05) is 0 Å². The van der Waals surface area contributed by atoms with Gasteiger partial charge in [-0.3, -0.25) is 14.4 Å². The monoisotopic (exact) mass is 527 g/mol. The predicted molar refractivity (Wildman–Crippen MR) is 141 cm³/mol. The SMILES string of the molecule is C[C@H](COC(=O)c1ccccc1)OC(=O)[C@@H](N)Cc1ccc(OC(=O)C(C)(C)C)c(OC(=O)C(C)(C)C)c1. The summed E-state index contributed by atoms with van der Waals surface area (Å²) >= 11 is 0. The fourth-order valence-electron chi connectivity index (χ4n) is 2.86. The van der Waals surface area contributed by atoms with E-state index in [-0.39, 0.29) is 24.5 Å². The van der Waals surface area contributed by atoms with E-state index in [2.05, 4.69) is 0 Å². The third kappa shape index (κ3) is 9.30. The zero-order valence-electron chi connectivity index (χ0n) is 23.0. The van der Waals surface area contributed by atoms with Gasteiger partial charge in [-0.1, -0.05) is 24.3 Å². The van der Waals surface area contributed by atoms with Gasteiger partial charge in [-0.15, -0.1) is 0 Å². The Hall–Kier alpha value is -3.72. The maximum atomic E-state index is 12.5. The van der Waals surface area contributed by atoms with Crippen LogP contribution in [-0.4, -0.2) is 42.6 Å². The van der Waals surface area contributed by atoms with Crippen LogP contribution in [0.1, 0.15) is 64.4 Å². The van der Waals surface area contributed by atoms with Gasteiger partial charge >= 0.3 is 23.9 Å². The molecule has 2 N–H and O–H groups in total. The number of nitrogens with two attached hydrogens (primary N) is 1. The standard InChI is InChI=1S/C29H37NO8/c1-18(17-35-24(31)20-11-9-8-10-12-20)36-25(32)21(30)15-19-13-14-22(37-26(33)28(2,3)4)23(16-19)38-27(34)29(5,6)7/h8-14,16,18,21H,15,17,30H2,1-7H3/t18-,21+/m1/s1. The Morgan fingerprint density at radius 3 is 1.92 bits per heavy atom. The van der Waals surface area contributed by atoms with E-state index >= 15 is 0 Å². The number of carbonyl (C=O) groups excluding carboxylic acids is 4. The van der Waals surface area contributed by atoms with E-state index in [9.17, 15) is 19.2 Å². The van der Waals surface area contributed by atoms with Crippen molar-refractivity contribution in [2.75, 3.05) is 6.61 Å². The van der Waals surface area contributed by atoms with Crippen LogP contribution in [0, 0.1) is 10.8 Å². The number of rotatable bonds is 9. The molecule has 9 nitrogen and oxygen atoms in total. The largest absolute Gasteiger partial charge is 0.458 e. The van der Waals surface area contributed by atoms with Crippen LogP contribution in [0.5, 0.6) is 11.5 Å². The minimum Gasteiger partial charge on any atom is -0.458 e. The average molecular weight is 528 g/mol. The first kappa shape index (κ1) is 30.5. The van der Waals surface area contributed by atoms with E-state index in [1.54, 1.807) is 84.9 Å². The summed E-state index contributed by atoms with van der Waals surface area (Å²) in [5, 5.41) is 0. The van der Waals surface area contributed by atoms with Crippen LogP contribution < -0.4 is 15.2 Å². The summed E-state index contributed by atoms with van der Waals surface area (Å²) in [6, 6.07) is 12.0. The second-order valence-electron chi connectivity index (χ2n) is 11.1. The first-order valence-electron chi connectivity index (χ1n) is 12.3. The molecule has 0 amide bonds. The Morgan fingerprint density at radius 2 is 1.37 bits per heavy atom. The van der Waals surface area contributed by atoms with Crippen LogP contribution >= 0.6 is 0 Å². The third-order valence-corrected chi connectivity index (χ3v) is 5.17. The molecule has 0 bridgehead atoms. The van der Waals surface area contributed by atoms with Gasteiger partial charge in [-0.05, 0) is 84.7 Å². The van der Waals surface area contributed by atoms with Crippen LogP contribution in [0.3, 0.4) is 0 Å². The molecule has 0 saturated heterocycles. The Balaban J connectivity index is 2.06. The molecule has 0 aliphatic carbocycles.